The number of primary amides is 1. The second kappa shape index (κ2) is 6.44. The predicted molar refractivity (Wildman–Crippen MR) is 82.3 cm³/mol. The normalized spacial score (nSPS) is 9.86. The highest BCUT2D eigenvalue weighted by Crippen LogP contribution is 2.18. The summed E-state index contributed by atoms with van der Waals surface area (Å²) < 4.78 is 0. The standard InChI is InChI=1S/C16H16N4O/c17-9-12-3-7-15(8-4-12)20(11-16(19)21)10-13-1-5-14(18)6-2-13/h1-8H,10-11,18H2,(H2,19,21). The van der Waals surface area contributed by atoms with Gasteiger partial charge in [0.1, 0.15) is 0 Å². The van der Waals surface area contributed by atoms with Crippen molar-refractivity contribution >= 4 is 17.3 Å². The number of anilines is 2. The fraction of sp³-hybridized carbons (Fsp3) is 0.125. The van der Waals surface area contributed by atoms with Crippen molar-refractivity contribution in [2.75, 3.05) is 17.2 Å². The molecule has 0 atom stereocenters. The molecule has 0 fully saturated rings. The van der Waals surface area contributed by atoms with Crippen LogP contribution in [-0.4, -0.2) is 12.5 Å². The number of nitrogens with two attached hydrogens (primary N) is 2. The maximum absolute atomic E-state index is 11.3. The summed E-state index contributed by atoms with van der Waals surface area (Å²) in [5.41, 5.74) is 14.1. The van der Waals surface area contributed by atoms with E-state index in [1.54, 1.807) is 24.3 Å². The van der Waals surface area contributed by atoms with Crippen LogP contribution in [0, 0.1) is 11.3 Å². The van der Waals surface area contributed by atoms with Gasteiger partial charge in [-0.2, -0.15) is 5.26 Å². The second-order valence-electron chi connectivity index (χ2n) is 4.72. The van der Waals surface area contributed by atoms with E-state index < -0.39 is 5.91 Å². The summed E-state index contributed by atoms with van der Waals surface area (Å²) in [7, 11) is 0. The Morgan fingerprint density at radius 2 is 1.71 bits per heavy atom. The molecule has 4 N–H and O–H groups in total. The van der Waals surface area contributed by atoms with Crippen LogP contribution in [0.15, 0.2) is 48.5 Å². The van der Waals surface area contributed by atoms with Crippen LogP contribution >= 0.6 is 0 Å². The van der Waals surface area contributed by atoms with Crippen LogP contribution in [0.1, 0.15) is 11.1 Å². The average Bonchev–Trinajstić information content (AvgIpc) is 2.48. The van der Waals surface area contributed by atoms with Gasteiger partial charge in [-0.05, 0) is 42.0 Å². The van der Waals surface area contributed by atoms with Crippen LogP contribution in [0.2, 0.25) is 0 Å². The molecule has 0 aliphatic heterocycles. The van der Waals surface area contributed by atoms with Crippen LogP contribution < -0.4 is 16.4 Å². The lowest BCUT2D eigenvalue weighted by molar-refractivity contribution is -0.116. The maximum atomic E-state index is 11.3. The zero-order chi connectivity index (χ0) is 15.2. The van der Waals surface area contributed by atoms with Crippen LogP contribution in [-0.2, 0) is 11.3 Å². The summed E-state index contributed by atoms with van der Waals surface area (Å²) in [5, 5.41) is 8.82. The Balaban J connectivity index is 2.22. The minimum atomic E-state index is -0.408. The van der Waals surface area contributed by atoms with Gasteiger partial charge in [-0.15, -0.1) is 0 Å². The van der Waals surface area contributed by atoms with Crippen molar-refractivity contribution in [2.45, 2.75) is 6.54 Å². The topological polar surface area (TPSA) is 96.1 Å². The molecule has 0 aromatic heterocycles. The van der Waals surface area contributed by atoms with E-state index in [2.05, 4.69) is 6.07 Å². The number of benzene rings is 2. The van der Waals surface area contributed by atoms with Gasteiger partial charge >= 0.3 is 0 Å². The first-order valence-electron chi connectivity index (χ1n) is 6.46. The van der Waals surface area contributed by atoms with E-state index in [9.17, 15) is 4.79 Å². The van der Waals surface area contributed by atoms with Gasteiger partial charge in [-0.3, -0.25) is 4.79 Å². The third-order valence-corrected chi connectivity index (χ3v) is 3.06. The molecule has 2 rings (SSSR count). The van der Waals surface area contributed by atoms with E-state index in [0.717, 1.165) is 11.3 Å². The smallest absolute Gasteiger partial charge is 0.236 e. The highest BCUT2D eigenvalue weighted by molar-refractivity contribution is 5.79. The first kappa shape index (κ1) is 14.4. The SMILES string of the molecule is N#Cc1ccc(N(CC(N)=O)Cc2ccc(N)cc2)cc1. The van der Waals surface area contributed by atoms with Crippen molar-refractivity contribution < 1.29 is 4.79 Å². The molecule has 0 spiro atoms. The molecule has 0 heterocycles. The molecule has 5 nitrogen and oxygen atoms in total. The molecular formula is C16H16N4O. The highest BCUT2D eigenvalue weighted by Gasteiger charge is 2.10. The van der Waals surface area contributed by atoms with Crippen LogP contribution in [0.5, 0.6) is 0 Å². The van der Waals surface area contributed by atoms with Gasteiger partial charge in [0, 0.05) is 17.9 Å². The minimum Gasteiger partial charge on any atom is -0.399 e. The molecule has 0 aliphatic rings. The molecule has 0 unspecified atom stereocenters. The molecule has 21 heavy (non-hydrogen) atoms. The summed E-state index contributed by atoms with van der Waals surface area (Å²) in [5.74, 6) is -0.408. The summed E-state index contributed by atoms with van der Waals surface area (Å²) in [6, 6.07) is 16.6. The molecular weight excluding hydrogens is 264 g/mol. The molecule has 1 amide bonds. The van der Waals surface area contributed by atoms with Gasteiger partial charge in [-0.25, -0.2) is 0 Å². The molecule has 106 valence electrons. The Hall–Kier alpha value is -3.00. The maximum Gasteiger partial charge on any atom is 0.236 e. The van der Waals surface area contributed by atoms with Gasteiger partial charge in [-0.1, -0.05) is 12.1 Å². The molecule has 0 radical (unpaired) electrons. The molecule has 0 saturated heterocycles. The van der Waals surface area contributed by atoms with Gasteiger partial charge in [0.05, 0.1) is 18.2 Å². The average molecular weight is 280 g/mol. The number of rotatable bonds is 5. The molecule has 0 saturated carbocycles. The van der Waals surface area contributed by atoms with Crippen molar-refractivity contribution in [1.82, 2.24) is 0 Å². The lowest BCUT2D eigenvalue weighted by Crippen LogP contribution is -2.33. The number of amides is 1. The minimum absolute atomic E-state index is 0.107. The van der Waals surface area contributed by atoms with E-state index in [1.165, 1.54) is 0 Å². The largest absolute Gasteiger partial charge is 0.399 e. The Kier molecular flexibility index (Phi) is 4.42. The summed E-state index contributed by atoms with van der Waals surface area (Å²) in [6.45, 7) is 0.644. The lowest BCUT2D eigenvalue weighted by Gasteiger charge is -2.23. The van der Waals surface area contributed by atoms with Crippen molar-refractivity contribution in [3.05, 3.63) is 59.7 Å². The van der Waals surface area contributed by atoms with E-state index in [4.69, 9.17) is 16.7 Å². The van der Waals surface area contributed by atoms with Crippen LogP contribution in [0.3, 0.4) is 0 Å². The molecule has 2 aromatic rings. The number of nitrogens with zero attached hydrogens (tertiary/aromatic N) is 2. The monoisotopic (exact) mass is 280 g/mol. The van der Waals surface area contributed by atoms with E-state index in [-0.39, 0.29) is 6.54 Å². The van der Waals surface area contributed by atoms with E-state index in [0.29, 0.717) is 17.8 Å². The van der Waals surface area contributed by atoms with Gasteiger partial charge in [0.25, 0.3) is 0 Å². The zero-order valence-corrected chi connectivity index (χ0v) is 11.5. The third kappa shape index (κ3) is 3.98. The fourth-order valence-corrected chi connectivity index (χ4v) is 2.02. The zero-order valence-electron chi connectivity index (χ0n) is 11.5. The van der Waals surface area contributed by atoms with Crippen molar-refractivity contribution in [3.63, 3.8) is 0 Å². The molecule has 0 aliphatic carbocycles. The van der Waals surface area contributed by atoms with Crippen LogP contribution in [0.25, 0.3) is 0 Å². The summed E-state index contributed by atoms with van der Waals surface area (Å²) >= 11 is 0. The third-order valence-electron chi connectivity index (χ3n) is 3.06. The first-order valence-corrected chi connectivity index (χ1v) is 6.46. The molecule has 0 bridgehead atoms. The number of nitrogen functional groups attached to an aromatic ring is 1. The fourth-order valence-electron chi connectivity index (χ4n) is 2.02. The summed E-state index contributed by atoms with van der Waals surface area (Å²) in [4.78, 5) is 13.1. The Morgan fingerprint density at radius 1 is 1.10 bits per heavy atom. The van der Waals surface area contributed by atoms with Gasteiger partial charge < -0.3 is 16.4 Å². The number of hydrogen-bond acceptors (Lipinski definition) is 4. The number of hydrogen-bond donors (Lipinski definition) is 2. The van der Waals surface area contributed by atoms with Crippen molar-refractivity contribution in [2.24, 2.45) is 5.73 Å². The molecule has 5 heteroatoms. The van der Waals surface area contributed by atoms with E-state index >= 15 is 0 Å². The Morgan fingerprint density at radius 3 is 2.24 bits per heavy atom. The highest BCUT2D eigenvalue weighted by atomic mass is 16.1. The van der Waals surface area contributed by atoms with Crippen LogP contribution in [0.4, 0.5) is 11.4 Å². The van der Waals surface area contributed by atoms with Gasteiger partial charge in [0.15, 0.2) is 0 Å². The first-order chi connectivity index (χ1) is 10.1. The predicted octanol–water partition coefficient (Wildman–Crippen LogP) is 1.63. The number of nitriles is 1. The lowest BCUT2D eigenvalue weighted by atomic mass is 10.1. The number of carbonyl (C=O) groups excluding carboxylic acids is 1. The Bertz CT molecular complexity index is 656. The Labute approximate surface area is 123 Å². The number of carbonyl (C=O) groups is 1. The molecule has 2 aromatic carbocycles. The van der Waals surface area contributed by atoms with E-state index in [1.807, 2.05) is 29.2 Å². The summed E-state index contributed by atoms with van der Waals surface area (Å²) in [6.07, 6.45) is 0. The second-order valence-corrected chi connectivity index (χ2v) is 4.72. The van der Waals surface area contributed by atoms with Crippen molar-refractivity contribution in [3.8, 4) is 6.07 Å². The quantitative estimate of drug-likeness (QED) is 0.813. The van der Waals surface area contributed by atoms with Crippen molar-refractivity contribution in [1.29, 1.82) is 5.26 Å². The van der Waals surface area contributed by atoms with Gasteiger partial charge in [0.2, 0.25) is 5.91 Å².